The molecule has 0 N–H and O–H groups in total. The van der Waals surface area contributed by atoms with Gasteiger partial charge in [-0.05, 0) is 86.0 Å². The van der Waals surface area contributed by atoms with Crippen LogP contribution < -0.4 is 9.64 Å². The number of hydrogen-bond donors (Lipinski definition) is 0. The number of carbonyl (C=O) groups is 4. The monoisotopic (exact) mass is 714 g/mol. The van der Waals surface area contributed by atoms with E-state index in [0.29, 0.717) is 58.6 Å². The second-order valence-electron chi connectivity index (χ2n) is 12.1. The minimum Gasteiger partial charge on any atom is -0.489 e. The van der Waals surface area contributed by atoms with Gasteiger partial charge in [0, 0.05) is 21.0 Å². The number of Topliss-reactive ketones (excluding diaryl/α,β-unsaturated/α-hetero) is 1. The van der Waals surface area contributed by atoms with Crippen LogP contribution in [0.4, 0.5) is 5.69 Å². The van der Waals surface area contributed by atoms with Crippen LogP contribution in [0.5, 0.6) is 5.75 Å². The first kappa shape index (κ1) is 32.2. The van der Waals surface area contributed by atoms with Crippen molar-refractivity contribution in [1.29, 1.82) is 0 Å². The lowest BCUT2D eigenvalue weighted by Gasteiger charge is -2.16. The van der Waals surface area contributed by atoms with Crippen LogP contribution in [-0.2, 0) is 20.9 Å². The summed E-state index contributed by atoms with van der Waals surface area (Å²) in [6, 6.07) is 30.6. The Morgan fingerprint density at radius 3 is 2.20 bits per heavy atom. The number of rotatable bonds is 9. The molecule has 1 aliphatic carbocycles. The Balaban J connectivity index is 1.09. The molecule has 0 saturated carbocycles. The number of halogens is 1. The largest absolute Gasteiger partial charge is 0.489 e. The number of ketones is 1. The maximum atomic E-state index is 13.7. The number of hydrogen-bond acceptors (Lipinski definition) is 7. The molecule has 1 aliphatic heterocycles. The lowest BCUT2D eigenvalue weighted by atomic mass is 9.85. The van der Waals surface area contributed by atoms with Gasteiger partial charge in [0.05, 0.1) is 34.3 Å². The third-order valence-electron chi connectivity index (χ3n) is 8.96. The van der Waals surface area contributed by atoms with Crippen molar-refractivity contribution in [3.63, 3.8) is 0 Å². The van der Waals surface area contributed by atoms with Crippen molar-refractivity contribution < 1.29 is 28.7 Å². The van der Waals surface area contributed by atoms with Crippen LogP contribution in [0, 0.1) is 11.8 Å². The molecule has 1 fully saturated rings. The van der Waals surface area contributed by atoms with E-state index in [0.717, 1.165) is 10.0 Å². The minimum absolute atomic E-state index is 0.178. The molecule has 0 bridgehead atoms. The first-order chi connectivity index (χ1) is 23.8. The summed E-state index contributed by atoms with van der Waals surface area (Å²) in [4.78, 5) is 59.2. The second-order valence-corrected chi connectivity index (χ2v) is 13.1. The smallest absolute Gasteiger partial charge is 0.339 e. The highest BCUT2D eigenvalue weighted by Crippen LogP contribution is 2.38. The lowest BCUT2D eigenvalue weighted by molar-refractivity contribution is -0.122. The number of ether oxygens (including phenoxy) is 2. The SMILES string of the molecule is CC(OC(=O)c1cc(-c2ccc(N3C(=O)C4CC=CCC4C3=O)cc2)nc2ccc(Br)cc12)C(=O)c1ccc(OCc2ccccc2)cc1. The molecule has 0 spiro atoms. The van der Waals surface area contributed by atoms with Gasteiger partial charge in [-0.1, -0.05) is 70.5 Å². The number of aromatic nitrogens is 1. The van der Waals surface area contributed by atoms with E-state index >= 15 is 0 Å². The fraction of sp³-hybridized carbons (Fsp3) is 0.175. The number of imide groups is 1. The molecule has 5 aromatic rings. The number of carbonyl (C=O) groups excluding carboxylic acids is 4. The molecule has 3 unspecified atom stereocenters. The normalized spacial score (nSPS) is 17.6. The Kier molecular flexibility index (Phi) is 8.93. The average molecular weight is 716 g/mol. The Morgan fingerprint density at radius 2 is 1.53 bits per heavy atom. The molecule has 2 heterocycles. The Labute approximate surface area is 291 Å². The van der Waals surface area contributed by atoms with E-state index in [9.17, 15) is 19.2 Å². The van der Waals surface area contributed by atoms with Gasteiger partial charge in [-0.25, -0.2) is 9.78 Å². The number of fused-ring (bicyclic) bond motifs is 2. The number of pyridine rings is 1. The summed E-state index contributed by atoms with van der Waals surface area (Å²) in [5.41, 5.74) is 3.90. The highest BCUT2D eigenvalue weighted by atomic mass is 79.9. The van der Waals surface area contributed by atoms with Crippen molar-refractivity contribution in [1.82, 2.24) is 4.98 Å². The van der Waals surface area contributed by atoms with Gasteiger partial charge in [0.2, 0.25) is 17.6 Å². The quantitative estimate of drug-likeness (QED) is 0.0658. The summed E-state index contributed by atoms with van der Waals surface area (Å²) in [6.07, 6.45) is 4.00. The molecule has 49 heavy (non-hydrogen) atoms. The summed E-state index contributed by atoms with van der Waals surface area (Å²) in [5.74, 6) is -1.39. The van der Waals surface area contributed by atoms with E-state index in [4.69, 9.17) is 14.5 Å². The zero-order valence-corrected chi connectivity index (χ0v) is 28.1. The zero-order valence-electron chi connectivity index (χ0n) is 26.5. The molecule has 7 rings (SSSR count). The van der Waals surface area contributed by atoms with Gasteiger partial charge >= 0.3 is 5.97 Å². The van der Waals surface area contributed by atoms with Crippen molar-refractivity contribution in [2.75, 3.05) is 4.90 Å². The zero-order chi connectivity index (χ0) is 34.1. The van der Waals surface area contributed by atoms with E-state index in [2.05, 4.69) is 15.9 Å². The molecular formula is C40H31BrN2O6. The summed E-state index contributed by atoms with van der Waals surface area (Å²) >= 11 is 3.48. The maximum Gasteiger partial charge on any atom is 0.339 e. The van der Waals surface area contributed by atoms with Crippen molar-refractivity contribution in [3.8, 4) is 17.0 Å². The molecule has 2 amide bonds. The first-order valence-electron chi connectivity index (χ1n) is 16.0. The molecule has 0 radical (unpaired) electrons. The van der Waals surface area contributed by atoms with Crippen molar-refractivity contribution in [2.24, 2.45) is 11.8 Å². The Morgan fingerprint density at radius 1 is 0.857 bits per heavy atom. The van der Waals surface area contributed by atoms with E-state index in [1.807, 2.05) is 48.6 Å². The minimum atomic E-state index is -1.06. The molecule has 1 aromatic heterocycles. The number of amides is 2. The molecule has 3 atom stereocenters. The van der Waals surface area contributed by atoms with Crippen LogP contribution in [0.25, 0.3) is 22.2 Å². The van der Waals surface area contributed by atoms with Crippen LogP contribution in [0.3, 0.4) is 0 Å². The van der Waals surface area contributed by atoms with Crippen LogP contribution >= 0.6 is 15.9 Å². The average Bonchev–Trinajstić information content (AvgIpc) is 3.39. The predicted molar refractivity (Wildman–Crippen MR) is 189 cm³/mol. The van der Waals surface area contributed by atoms with E-state index in [-0.39, 0.29) is 35.0 Å². The van der Waals surface area contributed by atoms with E-state index < -0.39 is 12.1 Å². The summed E-state index contributed by atoms with van der Waals surface area (Å²) < 4.78 is 12.3. The van der Waals surface area contributed by atoms with Gasteiger partial charge < -0.3 is 9.47 Å². The third-order valence-corrected chi connectivity index (χ3v) is 9.45. The maximum absolute atomic E-state index is 13.7. The Bertz CT molecular complexity index is 2090. The van der Waals surface area contributed by atoms with Gasteiger partial charge in [0.25, 0.3) is 0 Å². The number of benzene rings is 4. The van der Waals surface area contributed by atoms with Crippen LogP contribution in [0.1, 0.15) is 46.0 Å². The van der Waals surface area contributed by atoms with Crippen LogP contribution in [0.2, 0.25) is 0 Å². The van der Waals surface area contributed by atoms with Crippen molar-refractivity contribution in [3.05, 3.63) is 136 Å². The number of nitrogens with zero attached hydrogens (tertiary/aromatic N) is 2. The van der Waals surface area contributed by atoms with Crippen molar-refractivity contribution in [2.45, 2.75) is 32.5 Å². The first-order valence-corrected chi connectivity index (χ1v) is 16.8. The molecule has 4 aromatic carbocycles. The van der Waals surface area contributed by atoms with Crippen LogP contribution in [-0.4, -0.2) is 34.7 Å². The van der Waals surface area contributed by atoms with Crippen molar-refractivity contribution >= 4 is 56.1 Å². The highest BCUT2D eigenvalue weighted by Gasteiger charge is 2.47. The summed E-state index contributed by atoms with van der Waals surface area (Å²) in [6.45, 7) is 1.95. The highest BCUT2D eigenvalue weighted by molar-refractivity contribution is 9.10. The summed E-state index contributed by atoms with van der Waals surface area (Å²) in [7, 11) is 0. The molecule has 1 saturated heterocycles. The van der Waals surface area contributed by atoms with Gasteiger partial charge in [-0.3, -0.25) is 19.3 Å². The molecule has 2 aliphatic rings. The fourth-order valence-electron chi connectivity index (χ4n) is 6.32. The van der Waals surface area contributed by atoms with Gasteiger partial charge in [0.1, 0.15) is 12.4 Å². The lowest BCUT2D eigenvalue weighted by Crippen LogP contribution is -2.30. The van der Waals surface area contributed by atoms with Crippen LogP contribution in [0.15, 0.2) is 120 Å². The third kappa shape index (κ3) is 6.54. The molecule has 8 nitrogen and oxygen atoms in total. The van der Waals surface area contributed by atoms with Gasteiger partial charge in [-0.2, -0.15) is 0 Å². The van der Waals surface area contributed by atoms with Gasteiger partial charge in [0.15, 0.2) is 6.10 Å². The standard InChI is InChI=1S/C40H31BrN2O6/c1-24(37(44)27-13-18-30(19-14-27)48-23-25-7-3-2-4-8-25)49-40(47)34-22-36(42-35-20-15-28(41)21-33(34)35)26-11-16-29(17-12-26)43-38(45)31-9-5-6-10-32(31)39(43)46/h2-8,11-22,24,31-32H,9-10,23H2,1H3. The molecule has 244 valence electrons. The second kappa shape index (κ2) is 13.6. The number of allylic oxidation sites excluding steroid dienone is 2. The topological polar surface area (TPSA) is 103 Å². The molecule has 9 heteroatoms. The number of esters is 1. The van der Waals surface area contributed by atoms with E-state index in [1.54, 1.807) is 73.7 Å². The predicted octanol–water partition coefficient (Wildman–Crippen LogP) is 8.13. The Hall–Kier alpha value is -5.41. The fourth-order valence-corrected chi connectivity index (χ4v) is 6.68. The van der Waals surface area contributed by atoms with Gasteiger partial charge in [-0.15, -0.1) is 0 Å². The summed E-state index contributed by atoms with van der Waals surface area (Å²) in [5, 5.41) is 0.559. The van der Waals surface area contributed by atoms with E-state index in [1.165, 1.54) is 4.90 Å². The number of anilines is 1. The molecular weight excluding hydrogens is 684 g/mol.